The number of nitro groups is 2. The zero-order valence-electron chi connectivity index (χ0n) is 27.1. The highest BCUT2D eigenvalue weighted by Crippen LogP contribution is 2.39. The highest BCUT2D eigenvalue weighted by atomic mass is 16.6. The fourth-order valence-electron chi connectivity index (χ4n) is 6.55. The highest BCUT2D eigenvalue weighted by Gasteiger charge is 2.19. The van der Waals surface area contributed by atoms with Crippen molar-refractivity contribution in [3.05, 3.63) is 158 Å². The van der Waals surface area contributed by atoms with Gasteiger partial charge in [0.05, 0.1) is 21.2 Å². The zero-order valence-corrected chi connectivity index (χ0v) is 27.1. The highest BCUT2D eigenvalue weighted by molar-refractivity contribution is 6.01. The van der Waals surface area contributed by atoms with Gasteiger partial charge in [0, 0.05) is 68.6 Å². The van der Waals surface area contributed by atoms with E-state index in [1.165, 1.54) is 24.3 Å². The van der Waals surface area contributed by atoms with E-state index in [2.05, 4.69) is 84.5 Å². The molecule has 0 saturated carbocycles. The van der Waals surface area contributed by atoms with Crippen molar-refractivity contribution in [2.45, 2.75) is 13.8 Å². The molecular formula is C41H29N5O4. The van der Waals surface area contributed by atoms with E-state index in [0.717, 1.165) is 89.1 Å². The maximum Gasteiger partial charge on any atom is 0.269 e. The number of nitrogens with zero attached hydrogens (tertiary/aromatic N) is 3. The molecule has 7 aromatic rings. The number of aromatic nitrogens is 3. The van der Waals surface area contributed by atoms with Gasteiger partial charge in [0.1, 0.15) is 0 Å². The molecule has 1 aliphatic heterocycles. The summed E-state index contributed by atoms with van der Waals surface area (Å²) >= 11 is 0. The summed E-state index contributed by atoms with van der Waals surface area (Å²) in [5.41, 5.74) is 14.2. The molecule has 0 unspecified atom stereocenters. The van der Waals surface area contributed by atoms with Crippen LogP contribution in [0.4, 0.5) is 11.4 Å². The molecule has 242 valence electrons. The molecule has 4 heterocycles. The lowest BCUT2D eigenvalue weighted by molar-refractivity contribution is -0.385. The summed E-state index contributed by atoms with van der Waals surface area (Å²) in [4.78, 5) is 34.8. The van der Waals surface area contributed by atoms with E-state index < -0.39 is 9.85 Å². The molecule has 0 aliphatic carbocycles. The molecule has 2 N–H and O–H groups in total. The van der Waals surface area contributed by atoms with Crippen LogP contribution in [0.3, 0.4) is 0 Å². The molecule has 9 nitrogen and oxygen atoms in total. The van der Waals surface area contributed by atoms with Crippen molar-refractivity contribution in [1.29, 1.82) is 0 Å². The van der Waals surface area contributed by atoms with Gasteiger partial charge in [-0.15, -0.1) is 0 Å². The van der Waals surface area contributed by atoms with Crippen molar-refractivity contribution in [3.63, 3.8) is 0 Å². The third kappa shape index (κ3) is 5.46. The number of non-ortho nitro benzene ring substituents is 2. The number of aryl methyl sites for hydroxylation is 2. The number of nitro benzene ring substituents is 2. The van der Waals surface area contributed by atoms with Gasteiger partial charge in [0.25, 0.3) is 11.4 Å². The molecule has 0 amide bonds. The van der Waals surface area contributed by atoms with E-state index in [1.807, 2.05) is 18.2 Å². The molecule has 1 aliphatic rings. The summed E-state index contributed by atoms with van der Waals surface area (Å²) < 4.78 is 0. The maximum atomic E-state index is 11.5. The molecule has 0 radical (unpaired) electrons. The van der Waals surface area contributed by atoms with Gasteiger partial charge in [-0.25, -0.2) is 4.98 Å². The van der Waals surface area contributed by atoms with Crippen LogP contribution in [0.25, 0.3) is 78.7 Å². The average Bonchev–Trinajstić information content (AvgIpc) is 3.87. The zero-order chi connectivity index (χ0) is 34.5. The molecule has 0 fully saturated rings. The second-order valence-electron chi connectivity index (χ2n) is 12.5. The molecular weight excluding hydrogens is 626 g/mol. The predicted molar refractivity (Wildman–Crippen MR) is 199 cm³/mol. The number of benzene rings is 4. The van der Waals surface area contributed by atoms with Crippen LogP contribution < -0.4 is 0 Å². The summed E-state index contributed by atoms with van der Waals surface area (Å²) in [5, 5.41) is 23.0. The van der Waals surface area contributed by atoms with Gasteiger partial charge >= 0.3 is 0 Å². The second kappa shape index (κ2) is 12.0. The maximum absolute atomic E-state index is 11.5. The number of H-pyrrole nitrogens is 2. The standard InChI is InChI=1S/C41H29N5O4/c1-24-3-7-28(8-4-24)40-34-19-20-35(42-34)41(29-9-5-25(2)6-10-29)39-22-33(27-13-17-31(18-14-27)46(49)50)37(44-39)23-36-32(21-38(40)43-36)26-11-15-30(16-12-26)45(47)48/h3-23,43-44H,1-2H3. The van der Waals surface area contributed by atoms with Crippen molar-refractivity contribution in [2.75, 3.05) is 0 Å². The van der Waals surface area contributed by atoms with E-state index >= 15 is 0 Å². The topological polar surface area (TPSA) is 131 Å². The summed E-state index contributed by atoms with van der Waals surface area (Å²) in [6.45, 7) is 4.11. The third-order valence-electron chi connectivity index (χ3n) is 9.13. The summed E-state index contributed by atoms with van der Waals surface area (Å²) in [6, 6.07) is 35.9. The molecule has 0 spiro atoms. The second-order valence-corrected chi connectivity index (χ2v) is 12.5. The number of nitrogens with one attached hydrogen (secondary N) is 2. The lowest BCUT2D eigenvalue weighted by Gasteiger charge is -2.06. The number of hydrogen-bond acceptors (Lipinski definition) is 5. The Balaban J connectivity index is 1.52. The van der Waals surface area contributed by atoms with Crippen LogP contribution in [-0.2, 0) is 0 Å². The van der Waals surface area contributed by atoms with E-state index in [-0.39, 0.29) is 11.4 Å². The minimum Gasteiger partial charge on any atom is -0.354 e. The predicted octanol–water partition coefficient (Wildman–Crippen LogP) is 10.8. The van der Waals surface area contributed by atoms with Crippen molar-refractivity contribution >= 4 is 45.6 Å². The Bertz CT molecular complexity index is 2400. The first-order valence-electron chi connectivity index (χ1n) is 16.1. The van der Waals surface area contributed by atoms with E-state index in [0.29, 0.717) is 0 Å². The largest absolute Gasteiger partial charge is 0.354 e. The number of aromatic amines is 2. The number of fused-ring (bicyclic) bond motifs is 6. The summed E-state index contributed by atoms with van der Waals surface area (Å²) in [6.07, 6.45) is 4.07. The van der Waals surface area contributed by atoms with Crippen LogP contribution >= 0.6 is 0 Å². The smallest absolute Gasteiger partial charge is 0.269 e. The lowest BCUT2D eigenvalue weighted by Crippen LogP contribution is -1.88. The first-order valence-corrected chi connectivity index (χ1v) is 16.1. The third-order valence-corrected chi connectivity index (χ3v) is 9.13. The fourth-order valence-corrected chi connectivity index (χ4v) is 6.55. The van der Waals surface area contributed by atoms with Crippen molar-refractivity contribution < 1.29 is 9.85 Å². The van der Waals surface area contributed by atoms with Gasteiger partial charge in [-0.05, 0) is 90.7 Å². The summed E-state index contributed by atoms with van der Waals surface area (Å²) in [7, 11) is 0. The number of rotatable bonds is 6. The van der Waals surface area contributed by atoms with E-state index in [9.17, 15) is 20.2 Å². The van der Waals surface area contributed by atoms with Crippen molar-refractivity contribution in [2.24, 2.45) is 0 Å². The van der Waals surface area contributed by atoms with Gasteiger partial charge in [-0.2, -0.15) is 0 Å². The van der Waals surface area contributed by atoms with Crippen LogP contribution in [0, 0.1) is 34.1 Å². The quantitative estimate of drug-likeness (QED) is 0.136. The minimum atomic E-state index is -0.407. The fraction of sp³-hybridized carbons (Fsp3) is 0.0488. The average molecular weight is 656 g/mol. The van der Waals surface area contributed by atoms with Gasteiger partial charge in [-0.3, -0.25) is 20.2 Å². The van der Waals surface area contributed by atoms with E-state index in [1.54, 1.807) is 24.3 Å². The van der Waals surface area contributed by atoms with Gasteiger partial charge in [0.2, 0.25) is 0 Å². The Kier molecular flexibility index (Phi) is 7.30. The van der Waals surface area contributed by atoms with E-state index in [4.69, 9.17) is 4.98 Å². The Morgan fingerprint density at radius 3 is 1.20 bits per heavy atom. The van der Waals surface area contributed by atoms with Crippen molar-refractivity contribution in [3.8, 4) is 44.5 Å². The Hall–Kier alpha value is -6.87. The van der Waals surface area contributed by atoms with Crippen LogP contribution in [-0.4, -0.2) is 24.8 Å². The Morgan fingerprint density at radius 1 is 0.480 bits per heavy atom. The first kappa shape index (κ1) is 30.5. The molecule has 3 aromatic heterocycles. The van der Waals surface area contributed by atoms with Gasteiger partial charge in [-0.1, -0.05) is 59.7 Å². The molecule has 6 bridgehead atoms. The van der Waals surface area contributed by atoms with Crippen LogP contribution in [0.5, 0.6) is 0 Å². The first-order chi connectivity index (χ1) is 24.2. The molecule has 0 atom stereocenters. The number of hydrogen-bond donors (Lipinski definition) is 2. The van der Waals surface area contributed by atoms with Gasteiger partial charge in [0.15, 0.2) is 0 Å². The Morgan fingerprint density at radius 2 is 0.840 bits per heavy atom. The van der Waals surface area contributed by atoms with Crippen LogP contribution in [0.2, 0.25) is 0 Å². The molecule has 8 rings (SSSR count). The molecule has 4 aromatic carbocycles. The molecule has 50 heavy (non-hydrogen) atoms. The SMILES string of the molecule is Cc1ccc(-c2c3nc(c(-c4ccc(C)cc4)c4cc(-c5ccc([N+](=O)[O-])cc5)c(cc5[nH]c2cc5-c2ccc([N+](=O)[O-])cc2)[nH]4)C=C3)cc1. The molecule has 0 saturated heterocycles. The lowest BCUT2D eigenvalue weighted by atomic mass is 10.0. The Labute approximate surface area is 286 Å². The summed E-state index contributed by atoms with van der Waals surface area (Å²) in [5.74, 6) is 0. The van der Waals surface area contributed by atoms with Gasteiger partial charge < -0.3 is 9.97 Å². The normalized spacial score (nSPS) is 11.6. The molecule has 9 heteroatoms. The minimum absolute atomic E-state index is 0.00925. The van der Waals surface area contributed by atoms with Crippen LogP contribution in [0.15, 0.2) is 115 Å². The van der Waals surface area contributed by atoms with Crippen LogP contribution in [0.1, 0.15) is 22.5 Å². The van der Waals surface area contributed by atoms with Crippen molar-refractivity contribution in [1.82, 2.24) is 15.0 Å². The monoisotopic (exact) mass is 655 g/mol.